The molecule has 0 unspecified atom stereocenters. The number of nitrogens with zero attached hydrogens (tertiary/aromatic N) is 4. The van der Waals surface area contributed by atoms with E-state index in [1.54, 1.807) is 31.2 Å². The molecular weight excluding hydrogens is 220 g/mol. The molecule has 0 radical (unpaired) electrons. The Morgan fingerprint density at radius 2 is 1.53 bits per heavy atom. The fourth-order valence-corrected chi connectivity index (χ4v) is 1.78. The van der Waals surface area contributed by atoms with Crippen LogP contribution in [-0.4, -0.2) is 12.6 Å². The topological polar surface area (TPSA) is 121 Å². The van der Waals surface area contributed by atoms with E-state index in [4.69, 9.17) is 25.8 Å². The van der Waals surface area contributed by atoms with Crippen molar-refractivity contribution in [2.45, 2.75) is 13.3 Å². The van der Waals surface area contributed by atoms with E-state index in [2.05, 4.69) is 0 Å². The van der Waals surface area contributed by atoms with Crippen molar-refractivity contribution in [2.24, 2.45) is 16.7 Å². The van der Waals surface area contributed by atoms with Crippen LogP contribution in [0.4, 0.5) is 0 Å². The Morgan fingerprint density at radius 1 is 1.12 bits per heavy atom. The zero-order valence-electron chi connectivity index (χ0n) is 9.10. The zero-order chi connectivity index (χ0) is 13.1. The van der Waals surface area contributed by atoms with Crippen molar-refractivity contribution in [3.63, 3.8) is 0 Å². The van der Waals surface area contributed by atoms with E-state index in [1.807, 2.05) is 0 Å². The molecule has 0 N–H and O–H groups in total. The standard InChI is InChI=1S/C11H8N4O2/c1-2-3-17-9(16)8-10(4-12,5-13)11(8,6-14)7-15/h8H,2-3H2,1H3. The van der Waals surface area contributed by atoms with Crippen molar-refractivity contribution in [1.82, 2.24) is 0 Å². The van der Waals surface area contributed by atoms with Gasteiger partial charge in [0.2, 0.25) is 0 Å². The number of hydrogen-bond acceptors (Lipinski definition) is 6. The number of esters is 1. The van der Waals surface area contributed by atoms with Crippen LogP contribution in [0, 0.1) is 62.1 Å². The maximum Gasteiger partial charge on any atom is 0.314 e. The molecule has 84 valence electrons. The maximum absolute atomic E-state index is 11.6. The summed E-state index contributed by atoms with van der Waals surface area (Å²) < 4.78 is 4.79. The first-order valence-corrected chi connectivity index (χ1v) is 4.91. The first-order valence-electron chi connectivity index (χ1n) is 4.91. The minimum Gasteiger partial charge on any atom is -0.465 e. The van der Waals surface area contributed by atoms with Gasteiger partial charge in [-0.3, -0.25) is 4.79 Å². The van der Waals surface area contributed by atoms with E-state index in [1.165, 1.54) is 0 Å². The lowest BCUT2D eigenvalue weighted by Crippen LogP contribution is -2.13. The van der Waals surface area contributed by atoms with Gasteiger partial charge in [0, 0.05) is 0 Å². The molecule has 1 rings (SSSR count). The molecule has 0 bridgehead atoms. The summed E-state index contributed by atoms with van der Waals surface area (Å²) in [6.45, 7) is 1.92. The SMILES string of the molecule is CCCOC(=O)C1C(C#N)(C#N)C1(C#N)C#N. The summed E-state index contributed by atoms with van der Waals surface area (Å²) in [6, 6.07) is 6.38. The molecule has 0 saturated heterocycles. The second-order valence-corrected chi connectivity index (χ2v) is 3.66. The van der Waals surface area contributed by atoms with Gasteiger partial charge >= 0.3 is 5.97 Å². The first kappa shape index (κ1) is 12.5. The second-order valence-electron chi connectivity index (χ2n) is 3.66. The molecule has 0 heterocycles. The smallest absolute Gasteiger partial charge is 0.314 e. The molecule has 1 saturated carbocycles. The lowest BCUT2D eigenvalue weighted by molar-refractivity contribution is -0.146. The predicted molar refractivity (Wildman–Crippen MR) is 52.1 cm³/mol. The van der Waals surface area contributed by atoms with Crippen LogP contribution in [-0.2, 0) is 9.53 Å². The van der Waals surface area contributed by atoms with E-state index in [0.29, 0.717) is 6.42 Å². The monoisotopic (exact) mass is 228 g/mol. The molecule has 0 aliphatic heterocycles. The summed E-state index contributed by atoms with van der Waals surface area (Å²) in [7, 11) is 0. The van der Waals surface area contributed by atoms with Crippen LogP contribution in [0.2, 0.25) is 0 Å². The molecule has 0 atom stereocenters. The predicted octanol–water partition coefficient (Wildman–Crippen LogP) is 0.637. The highest BCUT2D eigenvalue weighted by molar-refractivity contribution is 5.85. The van der Waals surface area contributed by atoms with Crippen molar-refractivity contribution >= 4 is 5.97 Å². The lowest BCUT2D eigenvalue weighted by Gasteiger charge is -2.00. The number of hydrogen-bond donors (Lipinski definition) is 0. The third-order valence-electron chi connectivity index (χ3n) is 2.79. The lowest BCUT2D eigenvalue weighted by atomic mass is 9.98. The van der Waals surface area contributed by atoms with Crippen molar-refractivity contribution in [1.29, 1.82) is 21.0 Å². The maximum atomic E-state index is 11.6. The molecule has 17 heavy (non-hydrogen) atoms. The van der Waals surface area contributed by atoms with Gasteiger partial charge in [-0.25, -0.2) is 0 Å². The molecule has 0 aromatic heterocycles. The second kappa shape index (κ2) is 4.12. The van der Waals surface area contributed by atoms with Gasteiger partial charge in [-0.1, -0.05) is 6.92 Å². The van der Waals surface area contributed by atoms with Crippen molar-refractivity contribution in [3.05, 3.63) is 0 Å². The molecule has 6 heteroatoms. The highest BCUT2D eigenvalue weighted by Crippen LogP contribution is 2.68. The average Bonchev–Trinajstić information content (AvgIpc) is 2.99. The fraction of sp³-hybridized carbons (Fsp3) is 0.545. The average molecular weight is 228 g/mol. The molecule has 0 spiro atoms. The van der Waals surface area contributed by atoms with Gasteiger partial charge in [0.1, 0.15) is 5.92 Å². The van der Waals surface area contributed by atoms with Gasteiger partial charge in [-0.2, -0.15) is 21.0 Å². The molecule has 0 aromatic carbocycles. The van der Waals surface area contributed by atoms with Crippen molar-refractivity contribution < 1.29 is 9.53 Å². The van der Waals surface area contributed by atoms with Crippen LogP contribution >= 0.6 is 0 Å². The van der Waals surface area contributed by atoms with Gasteiger partial charge in [-0.15, -0.1) is 0 Å². The molecule has 6 nitrogen and oxygen atoms in total. The number of nitriles is 4. The van der Waals surface area contributed by atoms with Gasteiger partial charge in [0.05, 0.1) is 30.9 Å². The summed E-state index contributed by atoms with van der Waals surface area (Å²) in [5.41, 5.74) is -3.80. The summed E-state index contributed by atoms with van der Waals surface area (Å²) >= 11 is 0. The van der Waals surface area contributed by atoms with Crippen LogP contribution in [0.1, 0.15) is 13.3 Å². The van der Waals surface area contributed by atoms with Crippen LogP contribution < -0.4 is 0 Å². The number of carbonyl (C=O) groups excluding carboxylic acids is 1. The van der Waals surface area contributed by atoms with Gasteiger partial charge in [0.25, 0.3) is 0 Å². The normalized spacial score (nSPS) is 18.9. The molecule has 1 aliphatic carbocycles. The minimum absolute atomic E-state index is 0.134. The summed E-state index contributed by atoms with van der Waals surface area (Å²) in [5.74, 6) is -2.13. The largest absolute Gasteiger partial charge is 0.465 e. The summed E-state index contributed by atoms with van der Waals surface area (Å²) in [6.07, 6.45) is 0.580. The van der Waals surface area contributed by atoms with Gasteiger partial charge in [0.15, 0.2) is 10.8 Å². The van der Waals surface area contributed by atoms with E-state index in [0.717, 1.165) is 0 Å². The van der Waals surface area contributed by atoms with Crippen LogP contribution in [0.15, 0.2) is 0 Å². The molecule has 1 aliphatic rings. The number of carbonyl (C=O) groups is 1. The van der Waals surface area contributed by atoms with E-state index < -0.39 is 22.7 Å². The third-order valence-corrected chi connectivity index (χ3v) is 2.79. The molecule has 1 fully saturated rings. The fourth-order valence-electron chi connectivity index (χ4n) is 1.78. The highest BCUT2D eigenvalue weighted by Gasteiger charge is 2.85. The summed E-state index contributed by atoms with van der Waals surface area (Å²) in [5, 5.41) is 35.7. The van der Waals surface area contributed by atoms with Crippen LogP contribution in [0.25, 0.3) is 0 Å². The quantitative estimate of drug-likeness (QED) is 0.653. The Morgan fingerprint density at radius 3 is 1.82 bits per heavy atom. The van der Waals surface area contributed by atoms with Gasteiger partial charge in [-0.05, 0) is 6.42 Å². The first-order chi connectivity index (χ1) is 8.10. The number of ether oxygens (including phenoxy) is 1. The van der Waals surface area contributed by atoms with E-state index in [9.17, 15) is 4.79 Å². The Balaban J connectivity index is 3.09. The molecule has 0 aromatic rings. The van der Waals surface area contributed by atoms with E-state index in [-0.39, 0.29) is 6.61 Å². The van der Waals surface area contributed by atoms with Crippen LogP contribution in [0.5, 0.6) is 0 Å². The Kier molecular flexibility index (Phi) is 3.03. The summed E-state index contributed by atoms with van der Waals surface area (Å²) in [4.78, 5) is 11.6. The highest BCUT2D eigenvalue weighted by atomic mass is 16.5. The Hall–Kier alpha value is -2.57. The Labute approximate surface area is 98.2 Å². The van der Waals surface area contributed by atoms with Crippen molar-refractivity contribution in [3.8, 4) is 24.3 Å². The molecular formula is C11H8N4O2. The van der Waals surface area contributed by atoms with Gasteiger partial charge < -0.3 is 4.74 Å². The van der Waals surface area contributed by atoms with E-state index >= 15 is 0 Å². The minimum atomic E-state index is -1.90. The van der Waals surface area contributed by atoms with Crippen molar-refractivity contribution in [2.75, 3.05) is 6.61 Å². The Bertz CT molecular complexity index is 446. The zero-order valence-corrected chi connectivity index (χ0v) is 9.10. The molecule has 0 amide bonds. The number of rotatable bonds is 3. The third kappa shape index (κ3) is 1.32. The van der Waals surface area contributed by atoms with Crippen LogP contribution in [0.3, 0.4) is 0 Å².